The van der Waals surface area contributed by atoms with Crippen LogP contribution in [0.15, 0.2) is 47.4 Å². The average molecular weight is 412 g/mol. The maximum absolute atomic E-state index is 13.1. The number of Topliss-reactive ketones (excluding diaryl/α,β-unsaturated/α-hetero) is 1. The second-order valence-corrected chi connectivity index (χ2v) is 8.45. The molecule has 1 aliphatic carbocycles. The van der Waals surface area contributed by atoms with E-state index in [4.69, 9.17) is 4.74 Å². The molecular formula is C23H25NO4S. The van der Waals surface area contributed by atoms with Gasteiger partial charge in [0.1, 0.15) is 11.5 Å². The molecule has 4 rings (SSSR count). The second kappa shape index (κ2) is 8.41. The van der Waals surface area contributed by atoms with Crippen molar-refractivity contribution >= 4 is 28.8 Å². The summed E-state index contributed by atoms with van der Waals surface area (Å²) in [5.41, 5.74) is 0.663. The quantitative estimate of drug-likeness (QED) is 0.432. The molecule has 1 amide bonds. The molecule has 2 fully saturated rings. The Morgan fingerprint density at radius 2 is 1.97 bits per heavy atom. The van der Waals surface area contributed by atoms with Gasteiger partial charge in [0, 0.05) is 16.5 Å². The molecule has 0 spiro atoms. The molecule has 1 saturated carbocycles. The predicted octanol–water partition coefficient (Wildman–Crippen LogP) is 4.90. The maximum atomic E-state index is 13.1. The third kappa shape index (κ3) is 3.69. The van der Waals surface area contributed by atoms with Crippen LogP contribution in [0.5, 0.6) is 5.75 Å². The van der Waals surface area contributed by atoms with Gasteiger partial charge >= 0.3 is 0 Å². The lowest BCUT2D eigenvalue weighted by molar-refractivity contribution is -0.141. The number of aliphatic hydroxyl groups is 1. The van der Waals surface area contributed by atoms with Gasteiger partial charge in [0.2, 0.25) is 0 Å². The number of amides is 1. The third-order valence-corrected chi connectivity index (χ3v) is 6.60. The van der Waals surface area contributed by atoms with Crippen LogP contribution in [0.3, 0.4) is 0 Å². The lowest BCUT2D eigenvalue weighted by atomic mass is 9.93. The topological polar surface area (TPSA) is 66.8 Å². The van der Waals surface area contributed by atoms with E-state index in [2.05, 4.69) is 0 Å². The summed E-state index contributed by atoms with van der Waals surface area (Å²) in [6.07, 6.45) is 5.07. The Labute approximate surface area is 174 Å². The van der Waals surface area contributed by atoms with Crippen LogP contribution in [0.25, 0.3) is 5.76 Å². The minimum absolute atomic E-state index is 0.0346. The van der Waals surface area contributed by atoms with Gasteiger partial charge in [-0.05, 0) is 43.3 Å². The van der Waals surface area contributed by atoms with Gasteiger partial charge in [0.25, 0.3) is 11.7 Å². The van der Waals surface area contributed by atoms with E-state index in [-0.39, 0.29) is 17.4 Å². The summed E-state index contributed by atoms with van der Waals surface area (Å²) in [5.74, 6) is -0.626. The molecule has 2 aliphatic rings. The smallest absolute Gasteiger partial charge is 0.295 e. The monoisotopic (exact) mass is 411 g/mol. The first-order valence-electron chi connectivity index (χ1n) is 10.2. The molecule has 6 heteroatoms. The van der Waals surface area contributed by atoms with Crippen LogP contribution in [-0.2, 0) is 9.59 Å². The Kier molecular flexibility index (Phi) is 5.72. The molecule has 1 aliphatic heterocycles. The van der Waals surface area contributed by atoms with E-state index in [0.29, 0.717) is 17.9 Å². The molecule has 152 valence electrons. The molecule has 1 aromatic heterocycles. The summed E-state index contributed by atoms with van der Waals surface area (Å²) < 4.78 is 5.53. The van der Waals surface area contributed by atoms with Gasteiger partial charge in [-0.25, -0.2) is 0 Å². The maximum Gasteiger partial charge on any atom is 0.295 e. The van der Waals surface area contributed by atoms with Crippen molar-refractivity contribution in [2.24, 2.45) is 0 Å². The molecule has 2 heterocycles. The Hall–Kier alpha value is -2.60. The molecule has 5 nitrogen and oxygen atoms in total. The summed E-state index contributed by atoms with van der Waals surface area (Å²) in [4.78, 5) is 28.7. The highest BCUT2D eigenvalue weighted by Crippen LogP contribution is 2.44. The number of rotatable bonds is 5. The number of nitrogens with zero attached hydrogens (tertiary/aromatic N) is 1. The van der Waals surface area contributed by atoms with Gasteiger partial charge in [0.15, 0.2) is 0 Å². The highest BCUT2D eigenvalue weighted by Gasteiger charge is 2.49. The number of carbonyl (C=O) groups excluding carboxylic acids is 2. The zero-order valence-corrected chi connectivity index (χ0v) is 17.3. The number of aliphatic hydroxyl groups excluding tert-OH is 1. The van der Waals surface area contributed by atoms with Crippen molar-refractivity contribution in [2.75, 3.05) is 6.61 Å². The SMILES string of the molecule is CCOc1cccc(/C(O)=C2/C(=O)C(=O)N(C3CCCCC3)C2c2cccs2)c1. The van der Waals surface area contributed by atoms with Crippen LogP contribution in [-0.4, -0.2) is 34.3 Å². The number of thiophene rings is 1. The summed E-state index contributed by atoms with van der Waals surface area (Å²) >= 11 is 1.50. The van der Waals surface area contributed by atoms with E-state index in [1.54, 1.807) is 29.2 Å². The Morgan fingerprint density at radius 3 is 2.66 bits per heavy atom. The van der Waals surface area contributed by atoms with Crippen LogP contribution in [0.4, 0.5) is 0 Å². The number of hydrogen-bond acceptors (Lipinski definition) is 5. The third-order valence-electron chi connectivity index (χ3n) is 5.68. The number of carbonyl (C=O) groups is 2. The van der Waals surface area contributed by atoms with Crippen LogP contribution in [0.1, 0.15) is 55.5 Å². The molecule has 1 unspecified atom stereocenters. The first-order valence-corrected chi connectivity index (χ1v) is 11.1. The summed E-state index contributed by atoms with van der Waals surface area (Å²) in [5, 5.41) is 13.1. The zero-order chi connectivity index (χ0) is 20.4. The molecular weight excluding hydrogens is 386 g/mol. The van der Waals surface area contributed by atoms with Gasteiger partial charge in [-0.2, -0.15) is 0 Å². The van der Waals surface area contributed by atoms with Crippen molar-refractivity contribution in [1.29, 1.82) is 0 Å². The number of ketones is 1. The van der Waals surface area contributed by atoms with Gasteiger partial charge in [-0.15, -0.1) is 11.3 Å². The van der Waals surface area contributed by atoms with Crippen LogP contribution in [0.2, 0.25) is 0 Å². The van der Waals surface area contributed by atoms with Crippen molar-refractivity contribution in [2.45, 2.75) is 51.1 Å². The minimum atomic E-state index is -0.603. The summed E-state index contributed by atoms with van der Waals surface area (Å²) in [6.45, 7) is 2.39. The zero-order valence-electron chi connectivity index (χ0n) is 16.5. The Bertz CT molecular complexity index is 928. The standard InChI is InChI=1S/C23H25NO4S/c1-2-28-17-11-6-8-15(14-17)21(25)19-20(18-12-7-13-29-18)24(23(27)22(19)26)16-9-4-3-5-10-16/h6-8,11-14,16,20,25H,2-5,9-10H2,1H3/b21-19-. The highest BCUT2D eigenvalue weighted by molar-refractivity contribution is 7.10. The van der Waals surface area contributed by atoms with Gasteiger partial charge in [-0.1, -0.05) is 37.5 Å². The summed E-state index contributed by atoms with van der Waals surface area (Å²) in [6, 6.07) is 10.4. The predicted molar refractivity (Wildman–Crippen MR) is 113 cm³/mol. The lowest BCUT2D eigenvalue weighted by Gasteiger charge is -2.34. The lowest BCUT2D eigenvalue weighted by Crippen LogP contribution is -2.40. The van der Waals surface area contributed by atoms with E-state index in [1.807, 2.05) is 24.4 Å². The fraction of sp³-hybridized carbons (Fsp3) is 0.391. The van der Waals surface area contributed by atoms with Crippen molar-refractivity contribution in [1.82, 2.24) is 4.90 Å². The van der Waals surface area contributed by atoms with E-state index in [9.17, 15) is 14.7 Å². The number of benzene rings is 1. The van der Waals surface area contributed by atoms with E-state index < -0.39 is 17.7 Å². The highest BCUT2D eigenvalue weighted by atomic mass is 32.1. The van der Waals surface area contributed by atoms with Crippen LogP contribution >= 0.6 is 11.3 Å². The summed E-state index contributed by atoms with van der Waals surface area (Å²) in [7, 11) is 0. The fourth-order valence-corrected chi connectivity index (χ4v) is 5.20. The van der Waals surface area contributed by atoms with Gasteiger partial charge in [0.05, 0.1) is 18.2 Å². The molecule has 2 aromatic rings. The first kappa shape index (κ1) is 19.7. The molecule has 1 N–H and O–H groups in total. The first-order chi connectivity index (χ1) is 14.1. The normalized spacial score (nSPS) is 22.2. The van der Waals surface area contributed by atoms with Crippen molar-refractivity contribution in [3.05, 3.63) is 57.8 Å². The van der Waals surface area contributed by atoms with Crippen molar-refractivity contribution in [3.8, 4) is 5.75 Å². The van der Waals surface area contributed by atoms with Crippen LogP contribution in [0, 0.1) is 0 Å². The second-order valence-electron chi connectivity index (χ2n) is 7.47. The fourth-order valence-electron chi connectivity index (χ4n) is 4.37. The number of hydrogen-bond donors (Lipinski definition) is 1. The molecule has 1 atom stereocenters. The van der Waals surface area contributed by atoms with Crippen LogP contribution < -0.4 is 4.74 Å². The van der Waals surface area contributed by atoms with Crippen molar-refractivity contribution < 1.29 is 19.4 Å². The molecule has 0 bridgehead atoms. The minimum Gasteiger partial charge on any atom is -0.507 e. The average Bonchev–Trinajstić information content (AvgIpc) is 3.36. The van der Waals surface area contributed by atoms with Crippen molar-refractivity contribution in [3.63, 3.8) is 0 Å². The van der Waals surface area contributed by atoms with Gasteiger partial charge in [-0.3, -0.25) is 9.59 Å². The molecule has 0 radical (unpaired) electrons. The largest absolute Gasteiger partial charge is 0.507 e. The Balaban J connectivity index is 1.81. The molecule has 1 saturated heterocycles. The molecule has 29 heavy (non-hydrogen) atoms. The van der Waals surface area contributed by atoms with Gasteiger partial charge < -0.3 is 14.7 Å². The molecule has 1 aromatic carbocycles. The Morgan fingerprint density at radius 1 is 1.17 bits per heavy atom. The number of likely N-dealkylation sites (tertiary alicyclic amines) is 1. The van der Waals surface area contributed by atoms with E-state index >= 15 is 0 Å². The number of ether oxygens (including phenoxy) is 1. The van der Waals surface area contributed by atoms with E-state index in [1.165, 1.54) is 11.3 Å². The van der Waals surface area contributed by atoms with E-state index in [0.717, 1.165) is 37.0 Å².